The molecule has 0 aromatic heterocycles. The molecule has 1 unspecified atom stereocenters. The summed E-state index contributed by atoms with van der Waals surface area (Å²) in [7, 11) is 0. The molecule has 0 saturated carbocycles. The van der Waals surface area contributed by atoms with Crippen molar-refractivity contribution in [3.63, 3.8) is 0 Å². The summed E-state index contributed by atoms with van der Waals surface area (Å²) in [6.45, 7) is 4.76. The summed E-state index contributed by atoms with van der Waals surface area (Å²) in [6, 6.07) is 0. The second kappa shape index (κ2) is 6.30. The van der Waals surface area contributed by atoms with E-state index in [-0.39, 0.29) is 13.0 Å². The van der Waals surface area contributed by atoms with Gasteiger partial charge in [-0.3, -0.25) is 9.59 Å². The van der Waals surface area contributed by atoms with Crippen molar-refractivity contribution in [2.45, 2.75) is 25.9 Å². The molecule has 92 valence electrons. The average Bonchev–Trinajstić information content (AvgIpc) is 2.20. The number of halogens is 3. The largest absolute Gasteiger partial charge is 0.389 e. The van der Waals surface area contributed by atoms with E-state index in [1.165, 1.54) is 13.0 Å². The van der Waals surface area contributed by atoms with Gasteiger partial charge in [0.15, 0.2) is 0 Å². The van der Waals surface area contributed by atoms with Crippen LogP contribution >= 0.6 is 0 Å². The molecule has 0 aromatic rings. The molecule has 0 aliphatic rings. The summed E-state index contributed by atoms with van der Waals surface area (Å²) < 4.78 is 35.6. The monoisotopic (exact) mass is 237 g/mol. The average molecular weight is 237 g/mol. The van der Waals surface area contributed by atoms with Crippen molar-refractivity contribution in [3.8, 4) is 0 Å². The van der Waals surface area contributed by atoms with Crippen LogP contribution in [0, 0.1) is 5.92 Å². The first-order valence-electron chi connectivity index (χ1n) is 4.77. The fraction of sp³-hybridized carbons (Fsp3) is 0.600. The number of hydrogen-bond acceptors (Lipinski definition) is 2. The van der Waals surface area contributed by atoms with Crippen LogP contribution in [0.15, 0.2) is 12.7 Å². The Morgan fingerprint density at radius 2 is 2.00 bits per heavy atom. The zero-order valence-corrected chi connectivity index (χ0v) is 8.93. The molecule has 0 aliphatic carbocycles. The molecular formula is C10H14F3NO2. The highest BCUT2D eigenvalue weighted by Crippen LogP contribution is 2.24. The van der Waals surface area contributed by atoms with E-state index in [9.17, 15) is 22.8 Å². The Kier molecular flexibility index (Phi) is 5.77. The van der Waals surface area contributed by atoms with Gasteiger partial charge >= 0.3 is 6.18 Å². The molecule has 0 bridgehead atoms. The Labute approximate surface area is 91.7 Å². The first kappa shape index (κ1) is 14.7. The minimum atomic E-state index is -4.30. The standard InChI is InChI=1S/C10H14F3NO2/c1-3-6-14-9(16)8(15)7(2)4-5-10(11,12)13/h3,7H,1,4-6H2,2H3,(H,14,16). The Morgan fingerprint density at radius 1 is 1.44 bits per heavy atom. The molecule has 0 aliphatic heterocycles. The molecule has 0 aromatic carbocycles. The quantitative estimate of drug-likeness (QED) is 0.566. The highest BCUT2D eigenvalue weighted by Gasteiger charge is 2.30. The van der Waals surface area contributed by atoms with E-state index in [2.05, 4.69) is 11.9 Å². The lowest BCUT2D eigenvalue weighted by Crippen LogP contribution is -2.34. The van der Waals surface area contributed by atoms with E-state index in [0.29, 0.717) is 0 Å². The fourth-order valence-electron chi connectivity index (χ4n) is 0.987. The van der Waals surface area contributed by atoms with Gasteiger partial charge in [0.25, 0.3) is 5.91 Å². The molecule has 6 heteroatoms. The van der Waals surface area contributed by atoms with Crippen LogP contribution in [0.2, 0.25) is 0 Å². The number of rotatable bonds is 6. The molecule has 0 rings (SSSR count). The van der Waals surface area contributed by atoms with E-state index < -0.39 is 30.2 Å². The number of carbonyl (C=O) groups is 2. The van der Waals surface area contributed by atoms with Crippen molar-refractivity contribution >= 4 is 11.7 Å². The lowest BCUT2D eigenvalue weighted by molar-refractivity contribution is -0.145. The molecule has 1 amide bonds. The highest BCUT2D eigenvalue weighted by molar-refractivity contribution is 6.36. The van der Waals surface area contributed by atoms with Gasteiger partial charge in [-0.2, -0.15) is 13.2 Å². The Hall–Kier alpha value is -1.33. The summed E-state index contributed by atoms with van der Waals surface area (Å²) in [5, 5.41) is 2.22. The fourth-order valence-corrected chi connectivity index (χ4v) is 0.987. The molecule has 3 nitrogen and oxygen atoms in total. The molecule has 0 fully saturated rings. The molecule has 1 atom stereocenters. The molecule has 16 heavy (non-hydrogen) atoms. The van der Waals surface area contributed by atoms with Crippen molar-refractivity contribution in [2.75, 3.05) is 6.54 Å². The minimum Gasteiger partial charge on any atom is -0.346 e. The SMILES string of the molecule is C=CCNC(=O)C(=O)C(C)CCC(F)(F)F. The minimum absolute atomic E-state index is 0.122. The van der Waals surface area contributed by atoms with Crippen molar-refractivity contribution in [1.29, 1.82) is 0 Å². The number of hydrogen-bond donors (Lipinski definition) is 1. The number of nitrogens with one attached hydrogen (secondary N) is 1. The van der Waals surface area contributed by atoms with Crippen LogP contribution in [0.5, 0.6) is 0 Å². The molecule has 0 saturated heterocycles. The maximum absolute atomic E-state index is 11.9. The molecule has 0 spiro atoms. The van der Waals surface area contributed by atoms with Gasteiger partial charge in [-0.25, -0.2) is 0 Å². The van der Waals surface area contributed by atoms with E-state index in [0.717, 1.165) is 0 Å². The van der Waals surface area contributed by atoms with Crippen molar-refractivity contribution in [1.82, 2.24) is 5.32 Å². The second-order valence-corrected chi connectivity index (χ2v) is 3.42. The number of alkyl halides is 3. The summed E-state index contributed by atoms with van der Waals surface area (Å²) in [5.41, 5.74) is 0. The van der Waals surface area contributed by atoms with Crippen LogP contribution in [0.4, 0.5) is 13.2 Å². The van der Waals surface area contributed by atoms with Crippen LogP contribution in [-0.4, -0.2) is 24.4 Å². The Morgan fingerprint density at radius 3 is 2.44 bits per heavy atom. The summed E-state index contributed by atoms with van der Waals surface area (Å²) >= 11 is 0. The van der Waals surface area contributed by atoms with Gasteiger partial charge in [0.05, 0.1) is 0 Å². The van der Waals surface area contributed by atoms with E-state index >= 15 is 0 Å². The van der Waals surface area contributed by atoms with Gasteiger partial charge in [0, 0.05) is 18.9 Å². The number of amides is 1. The van der Waals surface area contributed by atoms with Gasteiger partial charge in [-0.15, -0.1) is 6.58 Å². The maximum Gasteiger partial charge on any atom is 0.389 e. The lowest BCUT2D eigenvalue weighted by atomic mass is 10.00. The zero-order valence-electron chi connectivity index (χ0n) is 8.93. The van der Waals surface area contributed by atoms with Gasteiger partial charge < -0.3 is 5.32 Å². The van der Waals surface area contributed by atoms with Crippen LogP contribution in [0.25, 0.3) is 0 Å². The lowest BCUT2D eigenvalue weighted by Gasteiger charge is -2.11. The van der Waals surface area contributed by atoms with Gasteiger partial charge in [0.1, 0.15) is 0 Å². The van der Waals surface area contributed by atoms with Crippen LogP contribution in [0.1, 0.15) is 19.8 Å². The summed E-state index contributed by atoms with van der Waals surface area (Å²) in [4.78, 5) is 22.3. The number of Topliss-reactive ketones (excluding diaryl/α,β-unsaturated/α-hetero) is 1. The zero-order chi connectivity index (χ0) is 12.8. The topological polar surface area (TPSA) is 46.2 Å². The summed E-state index contributed by atoms with van der Waals surface area (Å²) in [6.07, 6.45) is -4.35. The first-order chi connectivity index (χ1) is 7.28. The highest BCUT2D eigenvalue weighted by atomic mass is 19.4. The maximum atomic E-state index is 11.9. The van der Waals surface area contributed by atoms with E-state index in [4.69, 9.17) is 0 Å². The first-order valence-corrected chi connectivity index (χ1v) is 4.77. The number of ketones is 1. The molecule has 0 radical (unpaired) electrons. The Bertz CT molecular complexity index is 274. The smallest absolute Gasteiger partial charge is 0.346 e. The summed E-state index contributed by atoms with van der Waals surface area (Å²) in [5.74, 6) is -2.62. The van der Waals surface area contributed by atoms with Crippen molar-refractivity contribution in [2.24, 2.45) is 5.92 Å². The molecule has 0 heterocycles. The van der Waals surface area contributed by atoms with Crippen molar-refractivity contribution < 1.29 is 22.8 Å². The molecule has 1 N–H and O–H groups in total. The van der Waals surface area contributed by atoms with Gasteiger partial charge in [-0.05, 0) is 6.42 Å². The third-order valence-electron chi connectivity index (χ3n) is 1.94. The predicted molar refractivity (Wildman–Crippen MR) is 52.7 cm³/mol. The van der Waals surface area contributed by atoms with Crippen LogP contribution in [-0.2, 0) is 9.59 Å². The van der Waals surface area contributed by atoms with Crippen LogP contribution < -0.4 is 5.32 Å². The third-order valence-corrected chi connectivity index (χ3v) is 1.94. The van der Waals surface area contributed by atoms with E-state index in [1.807, 2.05) is 0 Å². The second-order valence-electron chi connectivity index (χ2n) is 3.42. The molecular weight excluding hydrogens is 223 g/mol. The number of carbonyl (C=O) groups excluding carboxylic acids is 2. The predicted octanol–water partition coefficient (Wildman–Crippen LogP) is 1.84. The third kappa shape index (κ3) is 6.21. The van der Waals surface area contributed by atoms with Crippen LogP contribution in [0.3, 0.4) is 0 Å². The van der Waals surface area contributed by atoms with Crippen molar-refractivity contribution in [3.05, 3.63) is 12.7 Å². The van der Waals surface area contributed by atoms with E-state index in [1.54, 1.807) is 0 Å². The van der Waals surface area contributed by atoms with Gasteiger partial charge in [-0.1, -0.05) is 13.0 Å². The van der Waals surface area contributed by atoms with Gasteiger partial charge in [0.2, 0.25) is 5.78 Å². The Balaban J connectivity index is 4.08. The normalized spacial score (nSPS) is 13.0.